The number of carbonyl (C=O) groups is 2. The summed E-state index contributed by atoms with van der Waals surface area (Å²) >= 11 is 6.93. The van der Waals surface area contributed by atoms with Gasteiger partial charge < -0.3 is 9.73 Å². The summed E-state index contributed by atoms with van der Waals surface area (Å²) in [5.41, 5.74) is 0.740. The fourth-order valence-corrected chi connectivity index (χ4v) is 3.69. The Labute approximate surface area is 166 Å². The topological polar surface area (TPSA) is 97.1 Å². The van der Waals surface area contributed by atoms with E-state index in [0.29, 0.717) is 16.8 Å². The molecule has 144 valence electrons. The van der Waals surface area contributed by atoms with Crippen LogP contribution >= 0.6 is 23.4 Å². The van der Waals surface area contributed by atoms with Crippen molar-refractivity contribution in [2.45, 2.75) is 43.9 Å². The lowest BCUT2D eigenvalue weighted by molar-refractivity contribution is -0.117. The van der Waals surface area contributed by atoms with Gasteiger partial charge in [-0.2, -0.15) is 0 Å². The van der Waals surface area contributed by atoms with Gasteiger partial charge in [0.05, 0.1) is 5.75 Å². The van der Waals surface area contributed by atoms with Crippen molar-refractivity contribution >= 4 is 35.3 Å². The highest BCUT2D eigenvalue weighted by Crippen LogP contribution is 2.25. The van der Waals surface area contributed by atoms with Crippen LogP contribution in [0.1, 0.15) is 32.6 Å². The minimum Gasteiger partial charge on any atom is -0.411 e. The number of thioether (sulfide) groups is 1. The summed E-state index contributed by atoms with van der Waals surface area (Å²) in [4.78, 5) is 23.9. The number of nitrogens with zero attached hydrogens (tertiary/aromatic N) is 2. The van der Waals surface area contributed by atoms with Gasteiger partial charge in [-0.15, -0.1) is 10.2 Å². The average molecular weight is 409 g/mol. The van der Waals surface area contributed by atoms with E-state index in [0.717, 1.165) is 36.6 Å². The average Bonchev–Trinajstić information content (AvgIpc) is 3.11. The molecule has 1 fully saturated rings. The molecule has 0 aliphatic heterocycles. The first-order valence-electron chi connectivity index (χ1n) is 8.84. The Bertz CT molecular complexity index is 796. The van der Waals surface area contributed by atoms with Gasteiger partial charge in [0.15, 0.2) is 0 Å². The van der Waals surface area contributed by atoms with Crippen molar-refractivity contribution in [1.29, 1.82) is 0 Å². The van der Waals surface area contributed by atoms with Crippen LogP contribution in [-0.2, 0) is 4.79 Å². The van der Waals surface area contributed by atoms with Crippen LogP contribution in [-0.4, -0.2) is 33.9 Å². The molecule has 2 aromatic rings. The van der Waals surface area contributed by atoms with Crippen molar-refractivity contribution < 1.29 is 14.0 Å². The highest BCUT2D eigenvalue weighted by atomic mass is 35.5. The van der Waals surface area contributed by atoms with E-state index in [1.54, 1.807) is 24.3 Å². The molecule has 1 aliphatic rings. The van der Waals surface area contributed by atoms with Gasteiger partial charge in [-0.05, 0) is 43.0 Å². The van der Waals surface area contributed by atoms with Gasteiger partial charge in [0.1, 0.15) is 0 Å². The molecule has 0 radical (unpaired) electrons. The van der Waals surface area contributed by atoms with Gasteiger partial charge in [0.25, 0.3) is 5.22 Å². The standard InChI is InChI=1S/C18H21ClN4O3S/c1-11-4-2-3-5-14(11)20-17(25)21-15(24)10-27-18-23-22-16(26-18)12-6-8-13(19)9-7-12/h6-9,11,14H,2-5,10H2,1H3,(H2,20,21,24,25)/t11-,14+/m1/s1. The Morgan fingerprint density at radius 1 is 1.22 bits per heavy atom. The second-order valence-corrected chi connectivity index (χ2v) is 7.92. The first-order chi connectivity index (χ1) is 13.0. The van der Waals surface area contributed by atoms with Crippen LogP contribution in [0.3, 0.4) is 0 Å². The summed E-state index contributed by atoms with van der Waals surface area (Å²) in [7, 11) is 0. The molecule has 27 heavy (non-hydrogen) atoms. The largest absolute Gasteiger partial charge is 0.411 e. The van der Waals surface area contributed by atoms with Crippen molar-refractivity contribution in [3.8, 4) is 11.5 Å². The van der Waals surface area contributed by atoms with Gasteiger partial charge in [-0.25, -0.2) is 4.79 Å². The molecule has 0 unspecified atom stereocenters. The fourth-order valence-electron chi connectivity index (χ4n) is 3.00. The molecule has 3 rings (SSSR count). The van der Waals surface area contributed by atoms with Gasteiger partial charge in [-0.1, -0.05) is 43.1 Å². The van der Waals surface area contributed by atoms with Crippen molar-refractivity contribution in [3.05, 3.63) is 29.3 Å². The lowest BCUT2D eigenvalue weighted by atomic mass is 9.86. The van der Waals surface area contributed by atoms with E-state index in [1.165, 1.54) is 6.42 Å². The molecule has 1 saturated carbocycles. The van der Waals surface area contributed by atoms with E-state index in [1.807, 2.05) is 0 Å². The minimum absolute atomic E-state index is 0.00981. The lowest BCUT2D eigenvalue weighted by Crippen LogP contribution is -2.48. The Kier molecular flexibility index (Phi) is 6.73. The molecule has 9 heteroatoms. The summed E-state index contributed by atoms with van der Waals surface area (Å²) in [5.74, 6) is 0.375. The number of benzene rings is 1. The van der Waals surface area contributed by atoms with Crippen molar-refractivity contribution in [1.82, 2.24) is 20.8 Å². The predicted molar refractivity (Wildman–Crippen MR) is 104 cm³/mol. The van der Waals surface area contributed by atoms with Crippen LogP contribution in [0.25, 0.3) is 11.5 Å². The SMILES string of the molecule is C[C@@H]1CCCC[C@@H]1NC(=O)NC(=O)CSc1nnc(-c2ccc(Cl)cc2)o1. The quantitative estimate of drug-likeness (QED) is 0.728. The van der Waals surface area contributed by atoms with Gasteiger partial charge >= 0.3 is 6.03 Å². The Hall–Kier alpha value is -2.06. The maximum atomic E-state index is 12.0. The zero-order valence-corrected chi connectivity index (χ0v) is 16.5. The summed E-state index contributed by atoms with van der Waals surface area (Å²) in [5, 5.41) is 14.0. The summed E-state index contributed by atoms with van der Waals surface area (Å²) in [6, 6.07) is 6.67. The zero-order chi connectivity index (χ0) is 19.2. The van der Waals surface area contributed by atoms with Crippen LogP contribution < -0.4 is 10.6 Å². The lowest BCUT2D eigenvalue weighted by Gasteiger charge is -2.29. The number of rotatable bonds is 5. The Balaban J connectivity index is 1.45. The maximum Gasteiger partial charge on any atom is 0.321 e. The monoisotopic (exact) mass is 408 g/mol. The van der Waals surface area contributed by atoms with Crippen molar-refractivity contribution in [2.24, 2.45) is 5.92 Å². The number of amides is 3. The number of urea groups is 1. The van der Waals surface area contributed by atoms with Crippen LogP contribution in [0.15, 0.2) is 33.9 Å². The molecule has 2 N–H and O–H groups in total. The first-order valence-corrected chi connectivity index (χ1v) is 10.2. The predicted octanol–water partition coefficient (Wildman–Crippen LogP) is 3.89. The Morgan fingerprint density at radius 3 is 2.70 bits per heavy atom. The van der Waals surface area contributed by atoms with Crippen molar-refractivity contribution in [2.75, 3.05) is 5.75 Å². The highest BCUT2D eigenvalue weighted by Gasteiger charge is 2.23. The molecule has 0 saturated heterocycles. The fraction of sp³-hybridized carbons (Fsp3) is 0.444. The van der Waals surface area contributed by atoms with Crippen LogP contribution in [0.2, 0.25) is 5.02 Å². The number of aromatic nitrogens is 2. The molecule has 1 aromatic heterocycles. The first kappa shape index (κ1) is 19.7. The van der Waals surface area contributed by atoms with Gasteiger partial charge in [0, 0.05) is 16.6 Å². The second-order valence-electron chi connectivity index (χ2n) is 6.56. The second kappa shape index (κ2) is 9.23. The Morgan fingerprint density at radius 2 is 1.96 bits per heavy atom. The highest BCUT2D eigenvalue weighted by molar-refractivity contribution is 7.99. The van der Waals surface area contributed by atoms with Crippen LogP contribution in [0, 0.1) is 5.92 Å². The summed E-state index contributed by atoms with van der Waals surface area (Å²) in [6.07, 6.45) is 4.35. The molecular formula is C18H21ClN4O3S. The molecule has 1 aliphatic carbocycles. The van der Waals surface area contributed by atoms with E-state index in [9.17, 15) is 9.59 Å². The van der Waals surface area contributed by atoms with E-state index in [2.05, 4.69) is 27.8 Å². The van der Waals surface area contributed by atoms with Gasteiger partial charge in [-0.3, -0.25) is 10.1 Å². The smallest absolute Gasteiger partial charge is 0.321 e. The number of imide groups is 1. The number of halogens is 1. The molecule has 3 amide bonds. The van der Waals surface area contributed by atoms with Crippen molar-refractivity contribution in [3.63, 3.8) is 0 Å². The molecule has 1 heterocycles. The number of hydrogen-bond acceptors (Lipinski definition) is 6. The van der Waals surface area contributed by atoms with E-state index in [-0.39, 0.29) is 17.0 Å². The van der Waals surface area contributed by atoms with Crippen LogP contribution in [0.5, 0.6) is 0 Å². The van der Waals surface area contributed by atoms with E-state index < -0.39 is 11.9 Å². The number of carbonyl (C=O) groups excluding carboxylic acids is 2. The molecule has 1 aromatic carbocycles. The molecule has 2 atom stereocenters. The molecular weight excluding hydrogens is 388 g/mol. The van der Waals surface area contributed by atoms with E-state index in [4.69, 9.17) is 16.0 Å². The van der Waals surface area contributed by atoms with Gasteiger partial charge in [0.2, 0.25) is 11.8 Å². The van der Waals surface area contributed by atoms with Crippen LogP contribution in [0.4, 0.5) is 4.79 Å². The zero-order valence-electron chi connectivity index (χ0n) is 14.9. The molecule has 0 spiro atoms. The molecule has 0 bridgehead atoms. The third kappa shape index (κ3) is 5.71. The third-order valence-electron chi connectivity index (χ3n) is 4.51. The number of nitrogens with one attached hydrogen (secondary N) is 2. The minimum atomic E-state index is -0.452. The number of hydrogen-bond donors (Lipinski definition) is 2. The summed E-state index contributed by atoms with van der Waals surface area (Å²) < 4.78 is 5.52. The van der Waals surface area contributed by atoms with E-state index >= 15 is 0 Å². The third-order valence-corrected chi connectivity index (χ3v) is 5.58. The maximum absolute atomic E-state index is 12.0. The molecule has 7 nitrogen and oxygen atoms in total. The summed E-state index contributed by atoms with van der Waals surface area (Å²) in [6.45, 7) is 2.12. The normalized spacial score (nSPS) is 19.5.